The molecular formula is C23H23N5O2S. The van der Waals surface area contributed by atoms with Crippen molar-refractivity contribution in [1.29, 1.82) is 0 Å². The van der Waals surface area contributed by atoms with E-state index in [4.69, 9.17) is 4.74 Å². The van der Waals surface area contributed by atoms with Gasteiger partial charge in [0.2, 0.25) is 11.8 Å². The molecule has 1 atom stereocenters. The van der Waals surface area contributed by atoms with Gasteiger partial charge >= 0.3 is 0 Å². The van der Waals surface area contributed by atoms with Crippen molar-refractivity contribution in [1.82, 2.24) is 19.9 Å². The van der Waals surface area contributed by atoms with Gasteiger partial charge in [0.1, 0.15) is 5.69 Å². The number of carbonyl (C=O) groups excluding carboxylic acids is 1. The number of ether oxygens (including phenoxy) is 1. The summed E-state index contributed by atoms with van der Waals surface area (Å²) in [6.07, 6.45) is 4.41. The molecule has 4 aromatic rings. The van der Waals surface area contributed by atoms with Crippen LogP contribution in [0.4, 0.5) is 5.95 Å². The molecule has 1 N–H and O–H groups in total. The quantitative estimate of drug-likeness (QED) is 0.400. The van der Waals surface area contributed by atoms with Gasteiger partial charge in [-0.3, -0.25) is 9.78 Å². The van der Waals surface area contributed by atoms with Crippen molar-refractivity contribution in [2.45, 2.75) is 32.7 Å². The summed E-state index contributed by atoms with van der Waals surface area (Å²) >= 11 is 1.54. The Balaban J connectivity index is 1.57. The molecule has 7 nitrogen and oxygen atoms in total. The summed E-state index contributed by atoms with van der Waals surface area (Å²) in [5.74, 6) is 0.968. The van der Waals surface area contributed by atoms with Gasteiger partial charge < -0.3 is 10.1 Å². The summed E-state index contributed by atoms with van der Waals surface area (Å²) in [7, 11) is 1.58. The lowest BCUT2D eigenvalue weighted by Crippen LogP contribution is -2.13. The van der Waals surface area contributed by atoms with Crippen molar-refractivity contribution in [3.8, 4) is 5.88 Å². The molecule has 0 fully saturated rings. The Morgan fingerprint density at radius 3 is 2.77 bits per heavy atom. The number of thiophene rings is 1. The van der Waals surface area contributed by atoms with E-state index in [1.165, 1.54) is 0 Å². The molecule has 4 aromatic heterocycles. The number of methoxy groups -OCH3 is 1. The molecule has 0 saturated carbocycles. The maximum Gasteiger partial charge on any atom is 0.224 e. The average Bonchev–Trinajstić information content (AvgIpc) is 3.17. The van der Waals surface area contributed by atoms with E-state index >= 15 is 0 Å². The van der Waals surface area contributed by atoms with E-state index in [0.29, 0.717) is 30.4 Å². The fraction of sp³-hybridized carbons (Fsp3) is 0.261. The standard InChI is InChI=1S/C23H23N5O2S/c1-14-12-18-22(31-14)21(19(29)9-7-16-8-10-20(30-3)25-13-16)28-23(27-18)26-15(2)17-6-4-5-11-24-17/h4-6,8,10-13,15H,7,9H2,1-3H3,(H,26,27,28)/t15-/m0/s1. The summed E-state index contributed by atoms with van der Waals surface area (Å²) in [5.41, 5.74) is 3.10. The lowest BCUT2D eigenvalue weighted by Gasteiger charge is -2.14. The van der Waals surface area contributed by atoms with Crippen molar-refractivity contribution < 1.29 is 9.53 Å². The van der Waals surface area contributed by atoms with Gasteiger partial charge in [-0.1, -0.05) is 12.1 Å². The second-order valence-corrected chi connectivity index (χ2v) is 8.48. The molecule has 0 spiro atoms. The summed E-state index contributed by atoms with van der Waals surface area (Å²) in [5, 5.41) is 3.29. The predicted octanol–water partition coefficient (Wildman–Crippen LogP) is 4.79. The van der Waals surface area contributed by atoms with Gasteiger partial charge in [-0.05, 0) is 44.0 Å². The van der Waals surface area contributed by atoms with Crippen molar-refractivity contribution in [3.63, 3.8) is 0 Å². The Hall–Kier alpha value is -3.39. The molecule has 0 aliphatic carbocycles. The highest BCUT2D eigenvalue weighted by Crippen LogP contribution is 2.29. The largest absolute Gasteiger partial charge is 0.481 e. The monoisotopic (exact) mass is 433 g/mol. The lowest BCUT2D eigenvalue weighted by molar-refractivity contribution is 0.0980. The number of hydrogen-bond acceptors (Lipinski definition) is 8. The zero-order valence-electron chi connectivity index (χ0n) is 17.6. The van der Waals surface area contributed by atoms with Crippen LogP contribution >= 0.6 is 11.3 Å². The van der Waals surface area contributed by atoms with Crippen LogP contribution in [0.2, 0.25) is 0 Å². The number of pyridine rings is 2. The average molecular weight is 434 g/mol. The molecule has 158 valence electrons. The molecule has 0 saturated heterocycles. The molecular weight excluding hydrogens is 410 g/mol. The van der Waals surface area contributed by atoms with Gasteiger partial charge in [0, 0.05) is 29.8 Å². The summed E-state index contributed by atoms with van der Waals surface area (Å²) in [6.45, 7) is 4.00. The van der Waals surface area contributed by atoms with E-state index in [2.05, 4.69) is 25.3 Å². The maximum atomic E-state index is 13.1. The number of hydrogen-bond donors (Lipinski definition) is 1. The van der Waals surface area contributed by atoms with Gasteiger partial charge in [-0.15, -0.1) is 11.3 Å². The molecule has 4 rings (SSSR count). The van der Waals surface area contributed by atoms with E-state index in [1.54, 1.807) is 36.9 Å². The van der Waals surface area contributed by atoms with Crippen molar-refractivity contribution >= 4 is 33.3 Å². The molecule has 0 amide bonds. The highest BCUT2D eigenvalue weighted by atomic mass is 32.1. The first kappa shape index (κ1) is 20.9. The van der Waals surface area contributed by atoms with Crippen LogP contribution < -0.4 is 10.1 Å². The Kier molecular flexibility index (Phi) is 6.18. The Morgan fingerprint density at radius 2 is 2.06 bits per heavy atom. The van der Waals surface area contributed by atoms with Gasteiger partial charge in [-0.2, -0.15) is 0 Å². The van der Waals surface area contributed by atoms with Crippen LogP contribution in [0.1, 0.15) is 46.0 Å². The van der Waals surface area contributed by atoms with Crippen molar-refractivity contribution in [2.24, 2.45) is 0 Å². The van der Waals surface area contributed by atoms with E-state index in [0.717, 1.165) is 26.4 Å². The Bertz CT molecular complexity index is 1190. The molecule has 0 aliphatic rings. The third-order valence-corrected chi connectivity index (χ3v) is 5.93. The van der Waals surface area contributed by atoms with Gasteiger partial charge in [0.05, 0.1) is 29.1 Å². The molecule has 31 heavy (non-hydrogen) atoms. The number of Topliss-reactive ketones (excluding diaryl/α,β-unsaturated/α-hetero) is 1. The van der Waals surface area contributed by atoms with Crippen LogP contribution in [0.25, 0.3) is 10.2 Å². The minimum Gasteiger partial charge on any atom is -0.481 e. The topological polar surface area (TPSA) is 89.9 Å². The highest BCUT2D eigenvalue weighted by molar-refractivity contribution is 7.19. The Morgan fingerprint density at radius 1 is 1.19 bits per heavy atom. The molecule has 0 aromatic carbocycles. The zero-order chi connectivity index (χ0) is 21.8. The summed E-state index contributed by atoms with van der Waals surface area (Å²) < 4.78 is 5.91. The van der Waals surface area contributed by atoms with Crippen LogP contribution in [-0.2, 0) is 6.42 Å². The number of fused-ring (bicyclic) bond motifs is 1. The number of nitrogens with one attached hydrogen (secondary N) is 1. The fourth-order valence-corrected chi connectivity index (χ4v) is 4.22. The number of anilines is 1. The summed E-state index contributed by atoms with van der Waals surface area (Å²) in [4.78, 5) is 32.0. The molecule has 0 radical (unpaired) electrons. The predicted molar refractivity (Wildman–Crippen MR) is 122 cm³/mol. The highest BCUT2D eigenvalue weighted by Gasteiger charge is 2.18. The minimum atomic E-state index is -0.0910. The van der Waals surface area contributed by atoms with Crippen LogP contribution in [-0.4, -0.2) is 32.8 Å². The molecule has 0 aliphatic heterocycles. The van der Waals surface area contributed by atoms with Gasteiger partial charge in [0.15, 0.2) is 5.78 Å². The molecule has 4 heterocycles. The van der Waals surface area contributed by atoms with Crippen LogP contribution in [0.15, 0.2) is 48.8 Å². The number of carbonyl (C=O) groups is 1. The molecule has 0 bridgehead atoms. The third-order valence-electron chi connectivity index (χ3n) is 4.88. The summed E-state index contributed by atoms with van der Waals surface area (Å²) in [6, 6.07) is 11.4. The van der Waals surface area contributed by atoms with Crippen LogP contribution in [0.3, 0.4) is 0 Å². The fourth-order valence-electron chi connectivity index (χ4n) is 3.26. The van der Waals surface area contributed by atoms with Gasteiger partial charge in [-0.25, -0.2) is 15.0 Å². The molecule has 0 unspecified atom stereocenters. The first-order valence-corrected chi connectivity index (χ1v) is 10.8. The van der Waals surface area contributed by atoms with Gasteiger partial charge in [0.25, 0.3) is 0 Å². The minimum absolute atomic E-state index is 0.0152. The number of aromatic nitrogens is 4. The number of rotatable bonds is 8. The second kappa shape index (κ2) is 9.18. The normalized spacial score (nSPS) is 12.0. The lowest BCUT2D eigenvalue weighted by atomic mass is 10.1. The third kappa shape index (κ3) is 4.86. The van der Waals surface area contributed by atoms with Crippen LogP contribution in [0, 0.1) is 6.92 Å². The number of aryl methyl sites for hydroxylation is 2. The first-order chi connectivity index (χ1) is 15.0. The van der Waals surface area contributed by atoms with Crippen molar-refractivity contribution in [2.75, 3.05) is 12.4 Å². The van der Waals surface area contributed by atoms with Crippen molar-refractivity contribution in [3.05, 3.63) is 70.6 Å². The first-order valence-electron chi connectivity index (χ1n) is 10.0. The number of ketones is 1. The van der Waals surface area contributed by atoms with E-state index in [1.807, 2.05) is 44.2 Å². The SMILES string of the molecule is COc1ccc(CCC(=O)c2nc(N[C@@H](C)c3ccccn3)nc3cc(C)sc23)cn1. The van der Waals surface area contributed by atoms with Crippen LogP contribution in [0.5, 0.6) is 5.88 Å². The molecule has 8 heteroatoms. The van der Waals surface area contributed by atoms with E-state index < -0.39 is 0 Å². The smallest absolute Gasteiger partial charge is 0.224 e. The van der Waals surface area contributed by atoms with E-state index in [-0.39, 0.29) is 11.8 Å². The Labute approximate surface area is 184 Å². The van der Waals surface area contributed by atoms with E-state index in [9.17, 15) is 4.79 Å². The second-order valence-electron chi connectivity index (χ2n) is 7.22. The number of nitrogens with zero attached hydrogens (tertiary/aromatic N) is 4. The maximum absolute atomic E-state index is 13.1. The zero-order valence-corrected chi connectivity index (χ0v) is 18.4.